The van der Waals surface area contributed by atoms with Crippen LogP contribution >= 0.6 is 12.6 Å². The Kier molecular flexibility index (Phi) is 16.0. The van der Waals surface area contributed by atoms with Gasteiger partial charge in [-0.1, -0.05) is 39.8 Å². The van der Waals surface area contributed by atoms with Crippen molar-refractivity contribution in [2.45, 2.75) is 71.5 Å². The SMILES string of the molecule is CC(C)COC(=O)NC(CCC(=O)O)C(=O)N[C@@H](CC(C)C)C(=O)NC(CS)C(=O)NCCc1cccc(C(=O)O)c1. The van der Waals surface area contributed by atoms with Crippen molar-refractivity contribution >= 4 is 48.4 Å². The number of rotatable bonds is 18. The van der Waals surface area contributed by atoms with Crippen molar-refractivity contribution in [1.82, 2.24) is 21.3 Å². The molecule has 2 unspecified atom stereocenters. The van der Waals surface area contributed by atoms with Crippen LogP contribution in [0.15, 0.2) is 24.3 Å². The minimum absolute atomic E-state index is 0.0428. The van der Waals surface area contributed by atoms with Crippen LogP contribution in [-0.4, -0.2) is 83.0 Å². The first-order chi connectivity index (χ1) is 19.7. The number of aliphatic carboxylic acids is 1. The highest BCUT2D eigenvalue weighted by atomic mass is 32.1. The van der Waals surface area contributed by atoms with Gasteiger partial charge in [0, 0.05) is 18.7 Å². The number of nitrogens with one attached hydrogen (secondary N) is 4. The molecule has 0 aromatic heterocycles. The van der Waals surface area contributed by atoms with Gasteiger partial charge in [0.1, 0.15) is 18.1 Å². The number of carbonyl (C=O) groups excluding carboxylic acids is 4. The van der Waals surface area contributed by atoms with Crippen molar-refractivity contribution in [1.29, 1.82) is 0 Å². The lowest BCUT2D eigenvalue weighted by Gasteiger charge is -2.25. The van der Waals surface area contributed by atoms with Crippen LogP contribution < -0.4 is 21.3 Å². The number of hydrogen-bond acceptors (Lipinski definition) is 8. The molecule has 1 aromatic carbocycles. The number of benzene rings is 1. The lowest BCUT2D eigenvalue weighted by Crippen LogP contribution is -2.57. The molecule has 0 aliphatic heterocycles. The molecule has 1 rings (SSSR count). The minimum Gasteiger partial charge on any atom is -0.481 e. The largest absolute Gasteiger partial charge is 0.481 e. The lowest BCUT2D eigenvalue weighted by molar-refractivity contribution is -0.137. The molecule has 0 bridgehead atoms. The van der Waals surface area contributed by atoms with Gasteiger partial charge in [0.05, 0.1) is 12.2 Å². The molecule has 0 aliphatic rings. The van der Waals surface area contributed by atoms with Gasteiger partial charge < -0.3 is 36.2 Å². The van der Waals surface area contributed by atoms with Crippen molar-refractivity contribution in [2.24, 2.45) is 11.8 Å². The maximum atomic E-state index is 13.2. The van der Waals surface area contributed by atoms with Gasteiger partial charge in [-0.2, -0.15) is 12.6 Å². The van der Waals surface area contributed by atoms with E-state index >= 15 is 0 Å². The molecular weight excluding hydrogens is 568 g/mol. The van der Waals surface area contributed by atoms with Gasteiger partial charge >= 0.3 is 18.0 Å². The predicted octanol–water partition coefficient (Wildman–Crippen LogP) is 1.60. The van der Waals surface area contributed by atoms with Gasteiger partial charge in [-0.05, 0) is 48.8 Å². The summed E-state index contributed by atoms with van der Waals surface area (Å²) >= 11 is 4.17. The number of ether oxygens (including phenoxy) is 1. The van der Waals surface area contributed by atoms with E-state index in [-0.39, 0.29) is 49.1 Å². The van der Waals surface area contributed by atoms with Gasteiger partial charge in [-0.15, -0.1) is 0 Å². The molecule has 0 saturated heterocycles. The highest BCUT2D eigenvalue weighted by Gasteiger charge is 2.30. The summed E-state index contributed by atoms with van der Waals surface area (Å²) in [6, 6.07) is 2.92. The fourth-order valence-corrected chi connectivity index (χ4v) is 3.97. The molecule has 0 aliphatic carbocycles. The molecule has 0 radical (unpaired) electrons. The summed E-state index contributed by atoms with van der Waals surface area (Å²) in [7, 11) is 0. The lowest BCUT2D eigenvalue weighted by atomic mass is 10.0. The molecule has 0 saturated carbocycles. The van der Waals surface area contributed by atoms with Gasteiger partial charge in [-0.25, -0.2) is 9.59 Å². The van der Waals surface area contributed by atoms with E-state index < -0.39 is 60.3 Å². The van der Waals surface area contributed by atoms with Crippen molar-refractivity contribution < 1.29 is 43.7 Å². The topological polar surface area (TPSA) is 200 Å². The zero-order valence-corrected chi connectivity index (χ0v) is 25.2. The maximum absolute atomic E-state index is 13.2. The third-order valence-electron chi connectivity index (χ3n) is 5.85. The summed E-state index contributed by atoms with van der Waals surface area (Å²) in [5.74, 6) is -4.21. The fourth-order valence-electron chi connectivity index (χ4n) is 3.72. The standard InChI is InChI=1S/C28H42N4O9S/c1-16(2)12-21(30-25(36)20(8-9-23(33)34)32-28(40)41-14-17(3)4)26(37)31-22(15-42)24(35)29-11-10-18-6-5-7-19(13-18)27(38)39/h5-7,13,16-17,20-22,42H,8-12,14-15H2,1-4H3,(H,29,35)(H,30,36)(H,31,37)(H,32,40)(H,33,34)(H,38,39)/t20?,21-,22?/m0/s1. The number of alkyl carbamates (subject to hydrolysis) is 1. The Hall–Kier alpha value is -3.81. The van der Waals surface area contributed by atoms with Crippen LogP contribution in [0.25, 0.3) is 0 Å². The van der Waals surface area contributed by atoms with E-state index in [0.29, 0.717) is 12.0 Å². The average Bonchev–Trinajstić information content (AvgIpc) is 2.91. The van der Waals surface area contributed by atoms with E-state index in [1.54, 1.807) is 12.1 Å². The van der Waals surface area contributed by atoms with Crippen LogP contribution in [0.5, 0.6) is 0 Å². The van der Waals surface area contributed by atoms with E-state index in [4.69, 9.17) is 14.9 Å². The predicted molar refractivity (Wildman–Crippen MR) is 157 cm³/mol. The molecule has 1 aromatic rings. The highest BCUT2D eigenvalue weighted by Crippen LogP contribution is 2.09. The second-order valence-corrected chi connectivity index (χ2v) is 11.0. The summed E-state index contributed by atoms with van der Waals surface area (Å²) in [6.45, 7) is 7.60. The van der Waals surface area contributed by atoms with Crippen molar-refractivity contribution in [3.63, 3.8) is 0 Å². The van der Waals surface area contributed by atoms with Crippen molar-refractivity contribution in [3.05, 3.63) is 35.4 Å². The Morgan fingerprint density at radius 3 is 2.07 bits per heavy atom. The molecular formula is C28H42N4O9S. The molecule has 3 atom stereocenters. The Labute approximate surface area is 250 Å². The Morgan fingerprint density at radius 1 is 0.857 bits per heavy atom. The molecule has 6 N–H and O–H groups in total. The van der Waals surface area contributed by atoms with Crippen LogP contribution in [0.4, 0.5) is 4.79 Å². The Balaban J connectivity index is 2.87. The normalized spacial score (nSPS) is 13.0. The fraction of sp³-hybridized carbons (Fsp3) is 0.571. The molecule has 234 valence electrons. The van der Waals surface area contributed by atoms with Gasteiger partial charge in [0.2, 0.25) is 17.7 Å². The van der Waals surface area contributed by atoms with E-state index in [0.717, 1.165) is 0 Å². The Bertz CT molecular complexity index is 1100. The van der Waals surface area contributed by atoms with E-state index in [1.165, 1.54) is 12.1 Å². The molecule has 4 amide bonds. The van der Waals surface area contributed by atoms with Gasteiger partial charge in [-0.3, -0.25) is 19.2 Å². The van der Waals surface area contributed by atoms with Crippen molar-refractivity contribution in [2.75, 3.05) is 18.9 Å². The van der Waals surface area contributed by atoms with E-state index in [2.05, 4.69) is 33.9 Å². The zero-order chi connectivity index (χ0) is 31.8. The third-order valence-corrected chi connectivity index (χ3v) is 6.21. The van der Waals surface area contributed by atoms with Crippen molar-refractivity contribution in [3.8, 4) is 0 Å². The van der Waals surface area contributed by atoms with Crippen LogP contribution in [0, 0.1) is 11.8 Å². The summed E-state index contributed by atoms with van der Waals surface area (Å²) in [5, 5.41) is 28.4. The summed E-state index contributed by atoms with van der Waals surface area (Å²) in [5.41, 5.74) is 0.839. The number of carboxylic acids is 2. The second kappa shape index (κ2) is 18.6. The zero-order valence-electron chi connectivity index (χ0n) is 24.3. The molecule has 42 heavy (non-hydrogen) atoms. The van der Waals surface area contributed by atoms with E-state index in [1.807, 2.05) is 27.7 Å². The summed E-state index contributed by atoms with van der Waals surface area (Å²) in [6.07, 6.45) is -0.976. The van der Waals surface area contributed by atoms with Crippen LogP contribution in [0.2, 0.25) is 0 Å². The Morgan fingerprint density at radius 2 is 1.50 bits per heavy atom. The number of carbonyl (C=O) groups is 6. The number of aromatic carboxylic acids is 1. The monoisotopic (exact) mass is 610 g/mol. The first-order valence-corrected chi connectivity index (χ1v) is 14.3. The molecule has 0 fully saturated rings. The summed E-state index contributed by atoms with van der Waals surface area (Å²) in [4.78, 5) is 73.4. The smallest absolute Gasteiger partial charge is 0.407 e. The quantitative estimate of drug-likeness (QED) is 0.121. The van der Waals surface area contributed by atoms with Gasteiger partial charge in [0.25, 0.3) is 0 Å². The van der Waals surface area contributed by atoms with Crippen LogP contribution in [0.3, 0.4) is 0 Å². The molecule has 0 heterocycles. The second-order valence-electron chi connectivity index (χ2n) is 10.6. The first kappa shape index (κ1) is 36.2. The van der Waals surface area contributed by atoms with Crippen LogP contribution in [-0.2, 0) is 30.3 Å². The molecule has 0 spiro atoms. The maximum Gasteiger partial charge on any atom is 0.407 e. The number of thiol groups is 1. The highest BCUT2D eigenvalue weighted by molar-refractivity contribution is 7.80. The molecule has 13 nitrogen and oxygen atoms in total. The van der Waals surface area contributed by atoms with E-state index in [9.17, 15) is 28.8 Å². The first-order valence-electron chi connectivity index (χ1n) is 13.7. The summed E-state index contributed by atoms with van der Waals surface area (Å²) < 4.78 is 5.04. The van der Waals surface area contributed by atoms with Crippen LogP contribution in [0.1, 0.15) is 62.9 Å². The van der Waals surface area contributed by atoms with Gasteiger partial charge in [0.15, 0.2) is 0 Å². The number of carboxylic acid groups (broad SMARTS) is 2. The molecule has 14 heteroatoms. The number of amides is 4. The number of hydrogen-bond donors (Lipinski definition) is 7. The third kappa shape index (κ3) is 14.2. The average molecular weight is 611 g/mol. The minimum atomic E-state index is -1.27.